The van der Waals surface area contributed by atoms with E-state index in [9.17, 15) is 10.2 Å². The Balaban J connectivity index is 2.47. The van der Waals surface area contributed by atoms with Gasteiger partial charge >= 0.3 is 0 Å². The highest BCUT2D eigenvalue weighted by molar-refractivity contribution is 6.29. The van der Waals surface area contributed by atoms with Crippen molar-refractivity contribution in [3.8, 4) is 6.07 Å². The average molecular weight is 250 g/mol. The van der Waals surface area contributed by atoms with Crippen molar-refractivity contribution in [1.29, 1.82) is 5.26 Å². The number of fused-ring (bicyclic) bond motifs is 1. The quantitative estimate of drug-likeness (QED) is 0.781. The van der Waals surface area contributed by atoms with Crippen LogP contribution >= 0.6 is 11.6 Å². The van der Waals surface area contributed by atoms with Gasteiger partial charge in [0, 0.05) is 0 Å². The number of benzene rings is 1. The second-order valence-corrected chi connectivity index (χ2v) is 3.85. The lowest BCUT2D eigenvalue weighted by molar-refractivity contribution is 0.0529. The number of nitriles is 1. The van der Waals surface area contributed by atoms with Crippen LogP contribution in [0.1, 0.15) is 11.7 Å². The van der Waals surface area contributed by atoms with Crippen LogP contribution < -0.4 is 0 Å². The number of aliphatic hydroxyl groups excluding tert-OH is 2. The Morgan fingerprint density at radius 1 is 1.29 bits per heavy atom. The first kappa shape index (κ1) is 11.7. The zero-order chi connectivity index (χ0) is 12.4. The van der Waals surface area contributed by atoms with Crippen LogP contribution in [0, 0.1) is 11.3 Å². The summed E-state index contributed by atoms with van der Waals surface area (Å²) in [5, 5.41) is 27.7. The predicted octanol–water partition coefficient (Wildman–Crippen LogP) is 1.20. The summed E-state index contributed by atoms with van der Waals surface area (Å²) < 4.78 is 0. The van der Waals surface area contributed by atoms with Gasteiger partial charge in [0.05, 0.1) is 23.3 Å². The Labute approximate surface area is 102 Å². The fourth-order valence-corrected chi connectivity index (χ4v) is 1.58. The van der Waals surface area contributed by atoms with Gasteiger partial charge in [-0.25, -0.2) is 4.98 Å². The predicted molar refractivity (Wildman–Crippen MR) is 61.1 cm³/mol. The SMILES string of the molecule is N#CC(O)C(O)c1ccc2ncc(Cl)nc2c1. The van der Waals surface area contributed by atoms with E-state index in [-0.39, 0.29) is 5.15 Å². The third kappa shape index (κ3) is 2.34. The molecule has 6 heteroatoms. The van der Waals surface area contributed by atoms with Gasteiger partial charge in [0.15, 0.2) is 6.10 Å². The van der Waals surface area contributed by atoms with Crippen LogP contribution in [0.4, 0.5) is 0 Å². The van der Waals surface area contributed by atoms with Crippen LogP contribution in [0.5, 0.6) is 0 Å². The molecule has 2 unspecified atom stereocenters. The van der Waals surface area contributed by atoms with E-state index in [1.807, 2.05) is 0 Å². The minimum atomic E-state index is -1.47. The third-order valence-electron chi connectivity index (χ3n) is 2.31. The maximum atomic E-state index is 9.66. The molecule has 0 saturated heterocycles. The molecule has 0 spiro atoms. The van der Waals surface area contributed by atoms with E-state index in [1.165, 1.54) is 6.20 Å². The van der Waals surface area contributed by atoms with E-state index in [2.05, 4.69) is 9.97 Å². The smallest absolute Gasteiger partial charge is 0.170 e. The van der Waals surface area contributed by atoms with Gasteiger partial charge in [-0.15, -0.1) is 0 Å². The molecule has 2 N–H and O–H groups in total. The Bertz CT molecular complexity index is 597. The van der Waals surface area contributed by atoms with Crippen molar-refractivity contribution in [3.63, 3.8) is 0 Å². The molecular weight excluding hydrogens is 242 g/mol. The van der Waals surface area contributed by atoms with Crippen LogP contribution in [0.25, 0.3) is 11.0 Å². The number of aromatic nitrogens is 2. The molecule has 0 radical (unpaired) electrons. The average Bonchev–Trinajstić information content (AvgIpc) is 2.36. The van der Waals surface area contributed by atoms with Crippen molar-refractivity contribution in [2.75, 3.05) is 0 Å². The zero-order valence-electron chi connectivity index (χ0n) is 8.58. The van der Waals surface area contributed by atoms with Crippen LogP contribution in [-0.4, -0.2) is 26.3 Å². The molecule has 86 valence electrons. The zero-order valence-corrected chi connectivity index (χ0v) is 9.33. The van der Waals surface area contributed by atoms with Gasteiger partial charge in [-0.1, -0.05) is 17.7 Å². The first-order valence-corrected chi connectivity index (χ1v) is 5.17. The van der Waals surface area contributed by atoms with E-state index in [0.29, 0.717) is 16.6 Å². The molecule has 1 aromatic carbocycles. The fraction of sp³-hybridized carbons (Fsp3) is 0.182. The monoisotopic (exact) mass is 249 g/mol. The van der Waals surface area contributed by atoms with E-state index in [4.69, 9.17) is 16.9 Å². The maximum Gasteiger partial charge on any atom is 0.170 e. The molecule has 2 rings (SSSR count). The topological polar surface area (TPSA) is 90.0 Å². The van der Waals surface area contributed by atoms with Crippen molar-refractivity contribution in [2.45, 2.75) is 12.2 Å². The first-order valence-electron chi connectivity index (χ1n) is 4.80. The van der Waals surface area contributed by atoms with Crippen molar-refractivity contribution in [2.24, 2.45) is 0 Å². The van der Waals surface area contributed by atoms with Gasteiger partial charge in [0.2, 0.25) is 0 Å². The highest BCUT2D eigenvalue weighted by Gasteiger charge is 2.18. The lowest BCUT2D eigenvalue weighted by atomic mass is 10.0. The normalized spacial score (nSPS) is 14.2. The summed E-state index contributed by atoms with van der Waals surface area (Å²) in [7, 11) is 0. The van der Waals surface area contributed by atoms with Gasteiger partial charge in [-0.2, -0.15) is 5.26 Å². The standard InChI is InChI=1S/C11H8ClN3O2/c12-10-5-14-7-2-1-6(3-8(7)15-10)11(17)9(16)4-13/h1-3,5,9,11,16-17H. The van der Waals surface area contributed by atoms with Crippen molar-refractivity contribution in [1.82, 2.24) is 9.97 Å². The maximum absolute atomic E-state index is 9.66. The van der Waals surface area contributed by atoms with Gasteiger partial charge < -0.3 is 10.2 Å². The fourth-order valence-electron chi connectivity index (χ4n) is 1.44. The molecule has 0 aliphatic carbocycles. The molecule has 0 aliphatic heterocycles. The molecule has 2 atom stereocenters. The van der Waals surface area contributed by atoms with E-state index in [0.717, 1.165) is 0 Å². The van der Waals surface area contributed by atoms with Crippen LogP contribution in [0.15, 0.2) is 24.4 Å². The van der Waals surface area contributed by atoms with Gasteiger partial charge in [0.1, 0.15) is 11.3 Å². The van der Waals surface area contributed by atoms with E-state index < -0.39 is 12.2 Å². The van der Waals surface area contributed by atoms with E-state index in [1.54, 1.807) is 24.3 Å². The van der Waals surface area contributed by atoms with Gasteiger partial charge in [0.25, 0.3) is 0 Å². The molecule has 2 aromatic rings. The Morgan fingerprint density at radius 3 is 2.76 bits per heavy atom. The molecule has 0 amide bonds. The minimum Gasteiger partial charge on any atom is -0.385 e. The minimum absolute atomic E-state index is 0.241. The number of hydrogen-bond donors (Lipinski definition) is 2. The van der Waals surface area contributed by atoms with Crippen molar-refractivity contribution >= 4 is 22.6 Å². The number of nitrogens with zero attached hydrogens (tertiary/aromatic N) is 3. The summed E-state index contributed by atoms with van der Waals surface area (Å²) in [5.41, 5.74) is 1.51. The highest BCUT2D eigenvalue weighted by atomic mass is 35.5. The lowest BCUT2D eigenvalue weighted by Crippen LogP contribution is -2.15. The first-order chi connectivity index (χ1) is 8.11. The van der Waals surface area contributed by atoms with Gasteiger partial charge in [-0.05, 0) is 17.7 Å². The van der Waals surface area contributed by atoms with Crippen LogP contribution in [-0.2, 0) is 0 Å². The second-order valence-electron chi connectivity index (χ2n) is 3.46. The molecular formula is C11H8ClN3O2. The molecule has 5 nitrogen and oxygen atoms in total. The molecule has 0 aliphatic rings. The second kappa shape index (κ2) is 4.63. The Hall–Kier alpha value is -1.74. The molecule has 17 heavy (non-hydrogen) atoms. The lowest BCUT2D eigenvalue weighted by Gasteiger charge is -2.12. The van der Waals surface area contributed by atoms with Crippen molar-refractivity contribution < 1.29 is 10.2 Å². The number of rotatable bonds is 2. The molecule has 0 fully saturated rings. The summed E-state index contributed by atoms with van der Waals surface area (Å²) in [6.07, 6.45) is -1.32. The number of halogens is 1. The number of hydrogen-bond acceptors (Lipinski definition) is 5. The largest absolute Gasteiger partial charge is 0.385 e. The number of aliphatic hydroxyl groups is 2. The van der Waals surface area contributed by atoms with Crippen LogP contribution in [0.2, 0.25) is 5.15 Å². The van der Waals surface area contributed by atoms with Gasteiger partial charge in [-0.3, -0.25) is 4.98 Å². The molecule has 0 saturated carbocycles. The summed E-state index contributed by atoms with van der Waals surface area (Å²) in [6, 6.07) is 6.33. The molecule has 0 bridgehead atoms. The summed E-state index contributed by atoms with van der Waals surface area (Å²) in [6.45, 7) is 0. The summed E-state index contributed by atoms with van der Waals surface area (Å²) in [4.78, 5) is 8.07. The van der Waals surface area contributed by atoms with Crippen molar-refractivity contribution in [3.05, 3.63) is 35.1 Å². The van der Waals surface area contributed by atoms with E-state index >= 15 is 0 Å². The molecule has 1 aromatic heterocycles. The third-order valence-corrected chi connectivity index (χ3v) is 2.49. The Kier molecular flexibility index (Phi) is 3.20. The summed E-state index contributed by atoms with van der Waals surface area (Å²) in [5.74, 6) is 0. The summed E-state index contributed by atoms with van der Waals surface area (Å²) >= 11 is 5.70. The molecule has 1 heterocycles. The van der Waals surface area contributed by atoms with Crippen LogP contribution in [0.3, 0.4) is 0 Å². The highest BCUT2D eigenvalue weighted by Crippen LogP contribution is 2.21. The Morgan fingerprint density at radius 2 is 2.06 bits per heavy atom.